The lowest BCUT2D eigenvalue weighted by Gasteiger charge is -2.10. The van der Waals surface area contributed by atoms with E-state index in [2.05, 4.69) is 15.9 Å². The summed E-state index contributed by atoms with van der Waals surface area (Å²) in [7, 11) is 0. The van der Waals surface area contributed by atoms with Gasteiger partial charge in [-0.25, -0.2) is 17.6 Å². The minimum atomic E-state index is -1.52. The van der Waals surface area contributed by atoms with Crippen LogP contribution >= 0.6 is 15.9 Å². The number of ether oxygens (including phenoxy) is 1. The van der Waals surface area contributed by atoms with Gasteiger partial charge in [0.1, 0.15) is 18.2 Å². The molecule has 0 atom stereocenters. The fraction of sp³-hybridized carbons (Fsp3) is 0.143. The second-order valence-electron chi connectivity index (χ2n) is 4.05. The van der Waals surface area contributed by atoms with Gasteiger partial charge in [0.05, 0.1) is 0 Å². The molecule has 1 nitrogen and oxygen atoms in total. The lowest BCUT2D eigenvalue weighted by Crippen LogP contribution is -2.01. The second-order valence-corrected chi connectivity index (χ2v) is 4.61. The van der Waals surface area contributed by atoms with E-state index in [1.165, 1.54) is 18.2 Å². The molecule has 0 spiro atoms. The molecule has 0 fully saturated rings. The number of rotatable bonds is 4. The van der Waals surface area contributed by atoms with Crippen molar-refractivity contribution in [1.82, 2.24) is 0 Å². The van der Waals surface area contributed by atoms with Crippen LogP contribution in [0.2, 0.25) is 0 Å². The second kappa shape index (κ2) is 6.26. The van der Waals surface area contributed by atoms with Crippen molar-refractivity contribution in [3.63, 3.8) is 0 Å². The quantitative estimate of drug-likeness (QED) is 0.441. The third kappa shape index (κ3) is 3.30. The number of halogens is 5. The molecule has 0 N–H and O–H groups in total. The van der Waals surface area contributed by atoms with Crippen molar-refractivity contribution in [2.75, 3.05) is 0 Å². The molecular weight excluding hydrogens is 340 g/mol. The maximum atomic E-state index is 13.0. The summed E-state index contributed by atoms with van der Waals surface area (Å²) in [4.78, 5) is 0. The topological polar surface area (TPSA) is 9.23 Å². The van der Waals surface area contributed by atoms with Crippen molar-refractivity contribution in [3.8, 4) is 5.75 Å². The van der Waals surface area contributed by atoms with Crippen LogP contribution in [0.25, 0.3) is 0 Å². The van der Waals surface area contributed by atoms with Crippen LogP contribution in [0.1, 0.15) is 11.1 Å². The molecule has 0 radical (unpaired) electrons. The van der Waals surface area contributed by atoms with Gasteiger partial charge in [0.2, 0.25) is 0 Å². The zero-order valence-corrected chi connectivity index (χ0v) is 11.7. The first-order valence-electron chi connectivity index (χ1n) is 5.62. The van der Waals surface area contributed by atoms with Crippen LogP contribution in [0.3, 0.4) is 0 Å². The lowest BCUT2D eigenvalue weighted by atomic mass is 10.2. The van der Waals surface area contributed by atoms with E-state index in [1.807, 2.05) is 0 Å². The molecule has 2 aromatic carbocycles. The minimum Gasteiger partial charge on any atom is -0.489 e. The molecule has 0 heterocycles. The monoisotopic (exact) mass is 348 g/mol. The highest BCUT2D eigenvalue weighted by atomic mass is 79.9. The van der Waals surface area contributed by atoms with E-state index in [9.17, 15) is 17.6 Å². The van der Waals surface area contributed by atoms with Crippen LogP contribution in [0.15, 0.2) is 30.3 Å². The largest absolute Gasteiger partial charge is 0.489 e. The molecule has 0 amide bonds. The Hall–Kier alpha value is -1.56. The molecule has 106 valence electrons. The van der Waals surface area contributed by atoms with Crippen molar-refractivity contribution in [2.24, 2.45) is 0 Å². The van der Waals surface area contributed by atoms with Gasteiger partial charge in [0.25, 0.3) is 0 Å². The Bertz CT molecular complexity index is 608. The Kier molecular flexibility index (Phi) is 4.65. The summed E-state index contributed by atoms with van der Waals surface area (Å²) in [6.07, 6.45) is 0. The zero-order chi connectivity index (χ0) is 14.7. The standard InChI is InChI=1S/C14H9BrF4O/c15-6-9-5-10(16)1-2-13(9)20-7-8-3-11(17)14(19)12(18)4-8/h1-5H,6-7H2. The van der Waals surface area contributed by atoms with E-state index in [0.717, 1.165) is 12.1 Å². The summed E-state index contributed by atoms with van der Waals surface area (Å²) >= 11 is 3.19. The first-order valence-corrected chi connectivity index (χ1v) is 6.74. The third-order valence-electron chi connectivity index (χ3n) is 2.60. The van der Waals surface area contributed by atoms with Gasteiger partial charge in [0, 0.05) is 10.9 Å². The highest BCUT2D eigenvalue weighted by Crippen LogP contribution is 2.24. The Morgan fingerprint density at radius 3 is 2.20 bits per heavy atom. The molecule has 0 saturated heterocycles. The van der Waals surface area contributed by atoms with Crippen molar-refractivity contribution in [3.05, 3.63) is 64.7 Å². The van der Waals surface area contributed by atoms with Crippen LogP contribution in [0, 0.1) is 23.3 Å². The van der Waals surface area contributed by atoms with Crippen molar-refractivity contribution >= 4 is 15.9 Å². The molecule has 0 saturated carbocycles. The van der Waals surface area contributed by atoms with Crippen LogP contribution in [-0.4, -0.2) is 0 Å². The average Bonchev–Trinajstić information content (AvgIpc) is 2.43. The predicted octanol–water partition coefficient (Wildman–Crippen LogP) is 4.72. The summed E-state index contributed by atoms with van der Waals surface area (Å²) in [5.41, 5.74) is 0.708. The molecule has 0 aromatic heterocycles. The Morgan fingerprint density at radius 1 is 0.950 bits per heavy atom. The maximum Gasteiger partial charge on any atom is 0.194 e. The average molecular weight is 349 g/mol. The smallest absolute Gasteiger partial charge is 0.194 e. The Balaban J connectivity index is 2.17. The van der Waals surface area contributed by atoms with E-state index in [4.69, 9.17) is 4.74 Å². The Labute approximate surface area is 121 Å². The van der Waals surface area contributed by atoms with Crippen LogP contribution in [0.5, 0.6) is 5.75 Å². The zero-order valence-electron chi connectivity index (χ0n) is 10.1. The molecule has 0 aliphatic heterocycles. The summed E-state index contributed by atoms with van der Waals surface area (Å²) in [6, 6.07) is 5.64. The first kappa shape index (κ1) is 14.8. The van der Waals surface area contributed by atoms with E-state index in [-0.39, 0.29) is 12.2 Å². The van der Waals surface area contributed by atoms with Crippen LogP contribution < -0.4 is 4.74 Å². The van der Waals surface area contributed by atoms with Crippen LogP contribution in [-0.2, 0) is 11.9 Å². The maximum absolute atomic E-state index is 13.0. The van der Waals surface area contributed by atoms with Gasteiger partial charge in [-0.05, 0) is 35.9 Å². The van der Waals surface area contributed by atoms with Gasteiger partial charge in [-0.1, -0.05) is 15.9 Å². The van der Waals surface area contributed by atoms with Crippen molar-refractivity contribution in [2.45, 2.75) is 11.9 Å². The summed E-state index contributed by atoms with van der Waals surface area (Å²) in [5, 5.41) is 0.367. The predicted molar refractivity (Wildman–Crippen MR) is 69.7 cm³/mol. The molecule has 0 bridgehead atoms. The molecule has 0 unspecified atom stereocenters. The molecule has 0 aliphatic carbocycles. The normalized spacial score (nSPS) is 10.7. The van der Waals surface area contributed by atoms with Gasteiger partial charge in [-0.3, -0.25) is 0 Å². The number of benzene rings is 2. The van der Waals surface area contributed by atoms with E-state index in [1.54, 1.807) is 0 Å². The molecule has 6 heteroatoms. The van der Waals surface area contributed by atoms with Gasteiger partial charge in [-0.2, -0.15) is 0 Å². The van der Waals surface area contributed by atoms with Crippen LogP contribution in [0.4, 0.5) is 17.6 Å². The number of hydrogen-bond donors (Lipinski definition) is 0. The van der Waals surface area contributed by atoms with E-state index in [0.29, 0.717) is 16.6 Å². The highest BCUT2D eigenvalue weighted by molar-refractivity contribution is 9.08. The molecule has 20 heavy (non-hydrogen) atoms. The third-order valence-corrected chi connectivity index (χ3v) is 3.21. The lowest BCUT2D eigenvalue weighted by molar-refractivity contribution is 0.301. The molecule has 0 aliphatic rings. The Morgan fingerprint density at radius 2 is 1.60 bits per heavy atom. The van der Waals surface area contributed by atoms with E-state index >= 15 is 0 Å². The first-order chi connectivity index (χ1) is 9.51. The summed E-state index contributed by atoms with van der Waals surface area (Å²) in [6.45, 7) is -0.153. The fourth-order valence-electron chi connectivity index (χ4n) is 1.65. The van der Waals surface area contributed by atoms with E-state index < -0.39 is 23.3 Å². The van der Waals surface area contributed by atoms with Crippen molar-refractivity contribution < 1.29 is 22.3 Å². The van der Waals surface area contributed by atoms with Crippen molar-refractivity contribution in [1.29, 1.82) is 0 Å². The van der Waals surface area contributed by atoms with Gasteiger partial charge in [0.15, 0.2) is 17.5 Å². The molecule has 2 rings (SSSR count). The van der Waals surface area contributed by atoms with Gasteiger partial charge < -0.3 is 4.74 Å². The van der Waals surface area contributed by atoms with Gasteiger partial charge in [-0.15, -0.1) is 0 Å². The molecule has 2 aromatic rings. The number of alkyl halides is 1. The fourth-order valence-corrected chi connectivity index (χ4v) is 2.08. The number of hydrogen-bond acceptors (Lipinski definition) is 1. The highest BCUT2D eigenvalue weighted by Gasteiger charge is 2.11. The summed E-state index contributed by atoms with van der Waals surface area (Å²) < 4.78 is 57.3. The summed E-state index contributed by atoms with van der Waals surface area (Å²) in [5.74, 6) is -4.09. The SMILES string of the molecule is Fc1ccc(OCc2cc(F)c(F)c(F)c2)c(CBr)c1. The van der Waals surface area contributed by atoms with Gasteiger partial charge >= 0.3 is 0 Å². The minimum absolute atomic E-state index is 0.145. The molecular formula is C14H9BrF4O.